The molecule has 6 heteroatoms. The van der Waals surface area contributed by atoms with E-state index >= 15 is 0 Å². The van der Waals surface area contributed by atoms with E-state index in [-0.39, 0.29) is 23.0 Å². The van der Waals surface area contributed by atoms with Crippen LogP contribution in [0.3, 0.4) is 0 Å². The highest BCUT2D eigenvalue weighted by Crippen LogP contribution is 2.25. The smallest absolute Gasteiger partial charge is 0.234 e. The lowest BCUT2D eigenvalue weighted by molar-refractivity contribution is -0.118. The third-order valence-corrected chi connectivity index (χ3v) is 4.67. The highest BCUT2D eigenvalue weighted by Gasteiger charge is 2.16. The van der Waals surface area contributed by atoms with Gasteiger partial charge in [-0.25, -0.2) is 0 Å². The molecular weight excluding hydrogens is 372 g/mol. The van der Waals surface area contributed by atoms with Gasteiger partial charge in [0.1, 0.15) is 5.75 Å². The molecule has 0 spiro atoms. The molecule has 0 fully saturated rings. The van der Waals surface area contributed by atoms with Crippen molar-refractivity contribution in [1.29, 1.82) is 0 Å². The lowest BCUT2D eigenvalue weighted by Crippen LogP contribution is -2.19. The molecule has 0 aliphatic rings. The lowest BCUT2D eigenvalue weighted by atomic mass is 9.92. The molecule has 2 N–H and O–H groups in total. The molecule has 28 heavy (non-hydrogen) atoms. The quantitative estimate of drug-likeness (QED) is 0.598. The van der Waals surface area contributed by atoms with E-state index in [0.29, 0.717) is 24.5 Å². The zero-order chi connectivity index (χ0) is 20.6. The second-order valence-electron chi connectivity index (χ2n) is 7.58. The molecule has 0 aliphatic carbocycles. The Morgan fingerprint density at radius 2 is 1.64 bits per heavy atom. The zero-order valence-electron chi connectivity index (χ0n) is 16.9. The number of carbonyl (C=O) groups is 2. The highest BCUT2D eigenvalue weighted by molar-refractivity contribution is 8.00. The predicted molar refractivity (Wildman–Crippen MR) is 116 cm³/mol. The number of para-hydroxylation sites is 2. The van der Waals surface area contributed by atoms with Gasteiger partial charge in [-0.3, -0.25) is 9.59 Å². The van der Waals surface area contributed by atoms with Crippen molar-refractivity contribution in [2.75, 3.05) is 23.0 Å². The minimum Gasteiger partial charge on any atom is -0.492 e. The van der Waals surface area contributed by atoms with E-state index in [1.807, 2.05) is 76.2 Å². The number of thioether (sulfide) groups is 1. The molecule has 0 aliphatic heterocycles. The molecule has 0 saturated carbocycles. The Balaban J connectivity index is 1.84. The van der Waals surface area contributed by atoms with Crippen LogP contribution in [0.1, 0.15) is 34.1 Å². The van der Waals surface area contributed by atoms with E-state index in [0.717, 1.165) is 10.6 Å². The van der Waals surface area contributed by atoms with E-state index < -0.39 is 0 Å². The molecular formula is C22H28N2O3S. The van der Waals surface area contributed by atoms with Crippen LogP contribution >= 0.6 is 11.8 Å². The van der Waals surface area contributed by atoms with Crippen LogP contribution in [0.5, 0.6) is 5.75 Å². The van der Waals surface area contributed by atoms with Gasteiger partial charge in [0.15, 0.2) is 0 Å². The number of benzene rings is 2. The van der Waals surface area contributed by atoms with Crippen LogP contribution in [0, 0.1) is 5.41 Å². The van der Waals surface area contributed by atoms with Gasteiger partial charge in [0, 0.05) is 17.0 Å². The fraction of sp³-hybridized carbons (Fsp3) is 0.364. The van der Waals surface area contributed by atoms with Crippen LogP contribution in [0.4, 0.5) is 11.4 Å². The van der Waals surface area contributed by atoms with Crippen molar-refractivity contribution in [3.8, 4) is 5.75 Å². The number of hydrogen-bond donors (Lipinski definition) is 2. The van der Waals surface area contributed by atoms with Gasteiger partial charge in [0.25, 0.3) is 0 Å². The largest absolute Gasteiger partial charge is 0.492 e. The van der Waals surface area contributed by atoms with Gasteiger partial charge in [-0.1, -0.05) is 32.9 Å². The van der Waals surface area contributed by atoms with Gasteiger partial charge in [-0.2, -0.15) is 0 Å². The summed E-state index contributed by atoms with van der Waals surface area (Å²) in [6.07, 6.45) is 0.465. The summed E-state index contributed by atoms with van der Waals surface area (Å²) in [5.41, 5.74) is 1.38. The summed E-state index contributed by atoms with van der Waals surface area (Å²) in [7, 11) is 0. The van der Waals surface area contributed by atoms with Gasteiger partial charge in [0.2, 0.25) is 11.8 Å². The molecule has 2 amide bonds. The molecule has 5 nitrogen and oxygen atoms in total. The number of amides is 2. The number of carbonyl (C=O) groups excluding carboxylic acids is 2. The first-order valence-corrected chi connectivity index (χ1v) is 10.3. The van der Waals surface area contributed by atoms with Crippen LogP contribution in [-0.4, -0.2) is 24.2 Å². The molecule has 2 aromatic rings. The van der Waals surface area contributed by atoms with Crippen molar-refractivity contribution in [3.63, 3.8) is 0 Å². The molecule has 2 rings (SSSR count). The van der Waals surface area contributed by atoms with Gasteiger partial charge < -0.3 is 15.4 Å². The molecule has 0 heterocycles. The summed E-state index contributed by atoms with van der Waals surface area (Å²) in [4.78, 5) is 25.2. The number of rotatable bonds is 8. The van der Waals surface area contributed by atoms with Crippen molar-refractivity contribution in [1.82, 2.24) is 0 Å². The van der Waals surface area contributed by atoms with Gasteiger partial charge in [-0.15, -0.1) is 11.8 Å². The van der Waals surface area contributed by atoms with Crippen molar-refractivity contribution < 1.29 is 14.3 Å². The zero-order valence-corrected chi connectivity index (χ0v) is 17.7. The standard InChI is InChI=1S/C22H28N2O3S/c1-5-27-19-9-7-6-8-18(19)24-21(26)15-28-17-12-10-16(11-13-17)23-20(25)14-22(2,3)4/h6-13H,5,14-15H2,1-4H3,(H,23,25)(H,24,26). The maximum absolute atomic E-state index is 12.2. The SMILES string of the molecule is CCOc1ccccc1NC(=O)CSc1ccc(NC(=O)CC(C)(C)C)cc1. The third-order valence-electron chi connectivity index (χ3n) is 3.66. The van der Waals surface area contributed by atoms with E-state index in [2.05, 4.69) is 10.6 Å². The fourth-order valence-corrected chi connectivity index (χ4v) is 3.21. The molecule has 0 atom stereocenters. The van der Waals surface area contributed by atoms with Crippen LogP contribution in [-0.2, 0) is 9.59 Å². The first kappa shape index (κ1) is 21.8. The summed E-state index contributed by atoms with van der Waals surface area (Å²) < 4.78 is 5.52. The van der Waals surface area contributed by atoms with Crippen molar-refractivity contribution >= 4 is 35.0 Å². The van der Waals surface area contributed by atoms with Gasteiger partial charge >= 0.3 is 0 Å². The molecule has 0 radical (unpaired) electrons. The summed E-state index contributed by atoms with van der Waals surface area (Å²) in [6.45, 7) is 8.54. The second kappa shape index (κ2) is 10.2. The third kappa shape index (κ3) is 7.64. The molecule has 0 aromatic heterocycles. The Labute approximate surface area is 171 Å². The Morgan fingerprint density at radius 3 is 2.29 bits per heavy atom. The maximum Gasteiger partial charge on any atom is 0.234 e. The molecule has 150 valence electrons. The average Bonchev–Trinajstić information content (AvgIpc) is 2.61. The van der Waals surface area contributed by atoms with E-state index in [4.69, 9.17) is 4.74 Å². The highest BCUT2D eigenvalue weighted by atomic mass is 32.2. The number of anilines is 2. The Morgan fingerprint density at radius 1 is 0.964 bits per heavy atom. The predicted octanol–water partition coefficient (Wildman–Crippen LogP) is 5.19. The van der Waals surface area contributed by atoms with Crippen LogP contribution in [0.2, 0.25) is 0 Å². The summed E-state index contributed by atoms with van der Waals surface area (Å²) in [5.74, 6) is 0.856. The minimum atomic E-state index is -0.0975. The molecule has 0 unspecified atom stereocenters. The lowest BCUT2D eigenvalue weighted by Gasteiger charge is -2.17. The minimum absolute atomic E-state index is 0.000226. The Hall–Kier alpha value is -2.47. The Kier molecular flexibility index (Phi) is 7.93. The molecule has 0 bridgehead atoms. The van der Waals surface area contributed by atoms with Crippen LogP contribution in [0.25, 0.3) is 0 Å². The van der Waals surface area contributed by atoms with Crippen molar-refractivity contribution in [3.05, 3.63) is 48.5 Å². The van der Waals surface area contributed by atoms with Crippen molar-refractivity contribution in [2.24, 2.45) is 5.41 Å². The summed E-state index contributed by atoms with van der Waals surface area (Å²) in [5, 5.41) is 5.78. The van der Waals surface area contributed by atoms with E-state index in [9.17, 15) is 9.59 Å². The van der Waals surface area contributed by atoms with E-state index in [1.54, 1.807) is 0 Å². The normalized spacial score (nSPS) is 11.0. The monoisotopic (exact) mass is 400 g/mol. The fourth-order valence-electron chi connectivity index (χ4n) is 2.51. The van der Waals surface area contributed by atoms with Crippen LogP contribution < -0.4 is 15.4 Å². The van der Waals surface area contributed by atoms with Crippen LogP contribution in [0.15, 0.2) is 53.4 Å². The average molecular weight is 401 g/mol. The molecule has 0 saturated heterocycles. The topological polar surface area (TPSA) is 67.4 Å². The summed E-state index contributed by atoms with van der Waals surface area (Å²) in [6, 6.07) is 14.9. The second-order valence-corrected chi connectivity index (χ2v) is 8.62. The molecule has 2 aromatic carbocycles. The van der Waals surface area contributed by atoms with E-state index in [1.165, 1.54) is 11.8 Å². The number of hydrogen-bond acceptors (Lipinski definition) is 4. The van der Waals surface area contributed by atoms with Crippen molar-refractivity contribution in [2.45, 2.75) is 39.0 Å². The maximum atomic E-state index is 12.2. The number of nitrogens with one attached hydrogen (secondary N) is 2. The Bertz CT molecular complexity index is 798. The first-order chi connectivity index (χ1) is 13.3. The van der Waals surface area contributed by atoms with Gasteiger partial charge in [-0.05, 0) is 48.7 Å². The van der Waals surface area contributed by atoms with Gasteiger partial charge in [0.05, 0.1) is 18.0 Å². The summed E-state index contributed by atoms with van der Waals surface area (Å²) >= 11 is 1.44. The first-order valence-electron chi connectivity index (χ1n) is 9.31. The number of ether oxygens (including phenoxy) is 1.